The van der Waals surface area contributed by atoms with Crippen LogP contribution in [0.5, 0.6) is 0 Å². The Labute approximate surface area is 157 Å². The molecule has 1 heterocycles. The first-order chi connectivity index (χ1) is 12.9. The fourth-order valence-corrected chi connectivity index (χ4v) is 3.43. The number of benzene rings is 1. The molecule has 1 aliphatic rings. The molecular weight excluding hydrogens is 346 g/mol. The van der Waals surface area contributed by atoms with E-state index in [1.807, 2.05) is 18.2 Å². The number of fused-ring (bicyclic) bond motifs is 1. The van der Waals surface area contributed by atoms with Gasteiger partial charge in [0.05, 0.1) is 11.7 Å². The Hall–Kier alpha value is -2.96. The Kier molecular flexibility index (Phi) is 5.39. The topological polar surface area (TPSA) is 90.3 Å². The molecular formula is C20H23N3O4. The first-order valence-corrected chi connectivity index (χ1v) is 8.97. The van der Waals surface area contributed by atoms with Crippen LogP contribution in [-0.4, -0.2) is 28.3 Å². The predicted molar refractivity (Wildman–Crippen MR) is 99.5 cm³/mol. The fraction of sp³-hybridized carbons (Fsp3) is 0.400. The second-order valence-corrected chi connectivity index (χ2v) is 6.80. The number of ether oxygens (including phenoxy) is 1. The van der Waals surface area contributed by atoms with Gasteiger partial charge in [-0.3, -0.25) is 9.59 Å². The molecule has 0 spiro atoms. The molecule has 27 heavy (non-hydrogen) atoms. The van der Waals surface area contributed by atoms with Crippen LogP contribution in [-0.2, 0) is 23.0 Å². The monoisotopic (exact) mass is 369 g/mol. The number of nitrogens with one attached hydrogen (secondary N) is 1. The number of esters is 1. The minimum Gasteiger partial charge on any atom is -0.452 e. The molecule has 0 bridgehead atoms. The molecule has 0 fully saturated rings. The van der Waals surface area contributed by atoms with Crippen molar-refractivity contribution < 1.29 is 14.3 Å². The molecule has 0 aliphatic heterocycles. The zero-order valence-electron chi connectivity index (χ0n) is 15.7. The Morgan fingerprint density at radius 2 is 2.04 bits per heavy atom. The van der Waals surface area contributed by atoms with Crippen LogP contribution in [0.25, 0.3) is 0 Å². The van der Waals surface area contributed by atoms with Crippen molar-refractivity contribution in [3.05, 3.63) is 62.6 Å². The number of hydrogen-bond donors (Lipinski definition) is 1. The summed E-state index contributed by atoms with van der Waals surface area (Å²) in [6.45, 7) is 2.92. The van der Waals surface area contributed by atoms with Crippen LogP contribution < -0.4 is 10.9 Å². The van der Waals surface area contributed by atoms with Gasteiger partial charge < -0.3 is 10.1 Å². The summed E-state index contributed by atoms with van der Waals surface area (Å²) in [6, 6.07) is 7.94. The Bertz CT molecular complexity index is 949. The second kappa shape index (κ2) is 7.73. The lowest BCUT2D eigenvalue weighted by Crippen LogP contribution is -2.35. The number of carbonyl (C=O) groups is 2. The van der Waals surface area contributed by atoms with E-state index in [1.165, 1.54) is 12.6 Å². The SMILES string of the molecule is Cc1nn(C)c(=O)c(C(=O)OCC(=O)NC2CCCc3ccccc32)c1C. The van der Waals surface area contributed by atoms with Crippen LogP contribution in [0, 0.1) is 13.8 Å². The molecule has 1 N–H and O–H groups in total. The summed E-state index contributed by atoms with van der Waals surface area (Å²) >= 11 is 0. The summed E-state index contributed by atoms with van der Waals surface area (Å²) in [6.07, 6.45) is 2.84. The van der Waals surface area contributed by atoms with E-state index in [0.29, 0.717) is 11.3 Å². The Balaban J connectivity index is 1.66. The molecule has 0 radical (unpaired) electrons. The smallest absolute Gasteiger partial charge is 0.344 e. The van der Waals surface area contributed by atoms with Gasteiger partial charge in [-0.05, 0) is 49.8 Å². The van der Waals surface area contributed by atoms with E-state index < -0.39 is 18.1 Å². The van der Waals surface area contributed by atoms with E-state index >= 15 is 0 Å². The molecule has 1 aromatic carbocycles. The standard InChI is InChI=1S/C20H23N3O4/c1-12-13(2)22-23(3)19(25)18(12)20(26)27-11-17(24)21-16-10-6-8-14-7-4-5-9-15(14)16/h4-5,7,9,16H,6,8,10-11H2,1-3H3,(H,21,24). The van der Waals surface area contributed by atoms with Crippen molar-refractivity contribution in [2.24, 2.45) is 7.05 Å². The maximum Gasteiger partial charge on any atom is 0.344 e. The molecule has 0 saturated carbocycles. The van der Waals surface area contributed by atoms with Gasteiger partial charge >= 0.3 is 5.97 Å². The van der Waals surface area contributed by atoms with Gasteiger partial charge in [-0.15, -0.1) is 0 Å². The second-order valence-electron chi connectivity index (χ2n) is 6.80. The maximum atomic E-state index is 12.3. The molecule has 2 aromatic rings. The minimum atomic E-state index is -0.808. The summed E-state index contributed by atoms with van der Waals surface area (Å²) in [5, 5.41) is 6.95. The number of nitrogens with zero attached hydrogens (tertiary/aromatic N) is 2. The zero-order chi connectivity index (χ0) is 19.6. The third kappa shape index (κ3) is 3.92. The van der Waals surface area contributed by atoms with Crippen LogP contribution in [0.15, 0.2) is 29.1 Å². The first-order valence-electron chi connectivity index (χ1n) is 8.97. The van der Waals surface area contributed by atoms with Gasteiger partial charge in [0, 0.05) is 7.05 Å². The summed E-state index contributed by atoms with van der Waals surface area (Å²) in [5.41, 5.74) is 2.75. The van der Waals surface area contributed by atoms with E-state index in [4.69, 9.17) is 4.74 Å². The van der Waals surface area contributed by atoms with Gasteiger partial charge in [0.25, 0.3) is 11.5 Å². The lowest BCUT2D eigenvalue weighted by molar-refractivity contribution is -0.125. The van der Waals surface area contributed by atoms with Crippen molar-refractivity contribution in [3.63, 3.8) is 0 Å². The molecule has 7 heteroatoms. The lowest BCUT2D eigenvalue weighted by atomic mass is 9.88. The fourth-order valence-electron chi connectivity index (χ4n) is 3.43. The van der Waals surface area contributed by atoms with Gasteiger partial charge in [0.1, 0.15) is 5.56 Å². The van der Waals surface area contributed by atoms with Gasteiger partial charge in [-0.2, -0.15) is 5.10 Å². The van der Waals surface area contributed by atoms with E-state index in [-0.39, 0.29) is 17.5 Å². The molecule has 0 saturated heterocycles. The predicted octanol–water partition coefficient (Wildman–Crippen LogP) is 1.75. The van der Waals surface area contributed by atoms with E-state index in [9.17, 15) is 14.4 Å². The molecule has 3 rings (SSSR count). The van der Waals surface area contributed by atoms with Crippen LogP contribution in [0.3, 0.4) is 0 Å². The number of rotatable bonds is 4. The average molecular weight is 369 g/mol. The van der Waals surface area contributed by atoms with Gasteiger partial charge in [0.2, 0.25) is 0 Å². The number of aryl methyl sites for hydroxylation is 3. The summed E-state index contributed by atoms with van der Waals surface area (Å²) in [4.78, 5) is 36.8. The molecule has 1 atom stereocenters. The quantitative estimate of drug-likeness (QED) is 0.829. The largest absolute Gasteiger partial charge is 0.452 e. The van der Waals surface area contributed by atoms with Crippen molar-refractivity contribution in [2.45, 2.75) is 39.2 Å². The van der Waals surface area contributed by atoms with Gasteiger partial charge in [0.15, 0.2) is 6.61 Å². The van der Waals surface area contributed by atoms with Crippen molar-refractivity contribution in [1.29, 1.82) is 0 Å². The highest BCUT2D eigenvalue weighted by Gasteiger charge is 2.23. The molecule has 1 amide bonds. The van der Waals surface area contributed by atoms with Crippen LogP contribution >= 0.6 is 0 Å². The highest BCUT2D eigenvalue weighted by Crippen LogP contribution is 2.29. The number of aromatic nitrogens is 2. The number of hydrogen-bond acceptors (Lipinski definition) is 5. The Morgan fingerprint density at radius 1 is 1.30 bits per heavy atom. The van der Waals surface area contributed by atoms with Crippen molar-refractivity contribution in [2.75, 3.05) is 6.61 Å². The van der Waals surface area contributed by atoms with E-state index in [2.05, 4.69) is 16.5 Å². The number of carbonyl (C=O) groups excluding carboxylic acids is 2. The highest BCUT2D eigenvalue weighted by atomic mass is 16.5. The zero-order valence-corrected chi connectivity index (χ0v) is 15.7. The average Bonchev–Trinajstić information content (AvgIpc) is 2.65. The van der Waals surface area contributed by atoms with Crippen molar-refractivity contribution in [3.8, 4) is 0 Å². The van der Waals surface area contributed by atoms with Crippen LogP contribution in [0.1, 0.15) is 51.6 Å². The maximum absolute atomic E-state index is 12.3. The van der Waals surface area contributed by atoms with E-state index in [0.717, 1.165) is 29.5 Å². The third-order valence-electron chi connectivity index (χ3n) is 4.97. The molecule has 1 unspecified atom stereocenters. The number of amides is 1. The minimum absolute atomic E-state index is 0.0826. The molecule has 1 aliphatic carbocycles. The van der Waals surface area contributed by atoms with Crippen molar-refractivity contribution >= 4 is 11.9 Å². The summed E-state index contributed by atoms with van der Waals surface area (Å²) < 4.78 is 6.19. The van der Waals surface area contributed by atoms with Crippen LogP contribution in [0.2, 0.25) is 0 Å². The lowest BCUT2D eigenvalue weighted by Gasteiger charge is -2.26. The Morgan fingerprint density at radius 3 is 2.81 bits per heavy atom. The summed E-state index contributed by atoms with van der Waals surface area (Å²) in [7, 11) is 1.47. The molecule has 7 nitrogen and oxygen atoms in total. The third-order valence-corrected chi connectivity index (χ3v) is 4.97. The highest BCUT2D eigenvalue weighted by molar-refractivity contribution is 5.92. The normalized spacial score (nSPS) is 15.7. The van der Waals surface area contributed by atoms with Gasteiger partial charge in [-0.1, -0.05) is 24.3 Å². The molecule has 142 valence electrons. The first kappa shape index (κ1) is 18.8. The van der Waals surface area contributed by atoms with E-state index in [1.54, 1.807) is 13.8 Å². The molecule has 1 aromatic heterocycles. The van der Waals surface area contributed by atoms with Crippen LogP contribution in [0.4, 0.5) is 0 Å². The van der Waals surface area contributed by atoms with Crippen molar-refractivity contribution in [1.82, 2.24) is 15.1 Å². The van der Waals surface area contributed by atoms with Gasteiger partial charge in [-0.25, -0.2) is 9.48 Å². The summed E-state index contributed by atoms with van der Waals surface area (Å²) in [5.74, 6) is -1.19.